The van der Waals surface area contributed by atoms with E-state index in [4.69, 9.17) is 10.5 Å². The minimum atomic E-state index is -0.0436. The van der Waals surface area contributed by atoms with Crippen molar-refractivity contribution in [1.82, 2.24) is 4.90 Å². The predicted molar refractivity (Wildman–Crippen MR) is 77.4 cm³/mol. The molecule has 4 nitrogen and oxygen atoms in total. The van der Waals surface area contributed by atoms with Gasteiger partial charge in [0.05, 0.1) is 7.11 Å². The van der Waals surface area contributed by atoms with Gasteiger partial charge in [-0.2, -0.15) is 0 Å². The van der Waals surface area contributed by atoms with Gasteiger partial charge in [0, 0.05) is 37.4 Å². The van der Waals surface area contributed by atoms with Gasteiger partial charge in [0.2, 0.25) is 0 Å². The number of nitrogens with zero attached hydrogens (tertiary/aromatic N) is 2. The van der Waals surface area contributed by atoms with E-state index in [1.807, 2.05) is 19.1 Å². The highest BCUT2D eigenvalue weighted by molar-refractivity contribution is 5.60. The van der Waals surface area contributed by atoms with Crippen LogP contribution < -0.4 is 15.4 Å². The smallest absolute Gasteiger partial charge is 0.125 e. The summed E-state index contributed by atoms with van der Waals surface area (Å²) in [5.74, 6) is 0.860. The molecule has 18 heavy (non-hydrogen) atoms. The Morgan fingerprint density at radius 1 is 1.22 bits per heavy atom. The van der Waals surface area contributed by atoms with Gasteiger partial charge < -0.3 is 20.3 Å². The van der Waals surface area contributed by atoms with Gasteiger partial charge in [-0.05, 0) is 33.2 Å². The molecule has 1 atom stereocenters. The van der Waals surface area contributed by atoms with Gasteiger partial charge in [0.25, 0.3) is 0 Å². The Bertz CT molecular complexity index is 377. The zero-order valence-electron chi connectivity index (χ0n) is 12.1. The normalized spacial score (nSPS) is 12.6. The summed E-state index contributed by atoms with van der Waals surface area (Å²) in [5, 5.41) is 0. The quantitative estimate of drug-likeness (QED) is 0.836. The van der Waals surface area contributed by atoms with Crippen LogP contribution in [-0.4, -0.2) is 46.2 Å². The zero-order valence-corrected chi connectivity index (χ0v) is 12.1. The number of methoxy groups -OCH3 is 1. The van der Waals surface area contributed by atoms with Gasteiger partial charge in [0.1, 0.15) is 5.75 Å². The molecule has 0 saturated carbocycles. The summed E-state index contributed by atoms with van der Waals surface area (Å²) in [6, 6.07) is 6.02. The topological polar surface area (TPSA) is 41.7 Å². The van der Waals surface area contributed by atoms with E-state index >= 15 is 0 Å². The van der Waals surface area contributed by atoms with Gasteiger partial charge in [-0.3, -0.25) is 0 Å². The number of likely N-dealkylation sites (N-methyl/N-ethyl adjacent to an activating group) is 2. The summed E-state index contributed by atoms with van der Waals surface area (Å²) < 4.78 is 5.41. The third-order valence-corrected chi connectivity index (χ3v) is 3.01. The first-order valence-electron chi connectivity index (χ1n) is 6.25. The molecule has 1 aromatic carbocycles. The number of hydrogen-bond donors (Lipinski definition) is 1. The van der Waals surface area contributed by atoms with Gasteiger partial charge >= 0.3 is 0 Å². The lowest BCUT2D eigenvalue weighted by molar-refractivity contribution is 0.405. The minimum absolute atomic E-state index is 0.0436. The molecule has 0 heterocycles. The van der Waals surface area contributed by atoms with Crippen molar-refractivity contribution in [3.05, 3.63) is 23.8 Å². The highest BCUT2D eigenvalue weighted by Crippen LogP contribution is 2.32. The largest absolute Gasteiger partial charge is 0.496 e. The standard InChI is InChI=1S/C14H25N3O/c1-11(15)14-12(7-6-8-13(14)18-5)17(4)10-9-16(2)3/h6-8,11H,9-10,15H2,1-5H3. The molecule has 0 spiro atoms. The molecule has 0 amide bonds. The maximum Gasteiger partial charge on any atom is 0.125 e. The van der Waals surface area contributed by atoms with Crippen molar-refractivity contribution in [2.24, 2.45) is 5.73 Å². The zero-order chi connectivity index (χ0) is 13.7. The van der Waals surface area contributed by atoms with Gasteiger partial charge in [-0.25, -0.2) is 0 Å². The Balaban J connectivity index is 2.99. The molecule has 1 unspecified atom stereocenters. The van der Waals surface area contributed by atoms with Crippen molar-refractivity contribution in [3.8, 4) is 5.75 Å². The van der Waals surface area contributed by atoms with Gasteiger partial charge in [-0.15, -0.1) is 0 Å². The third-order valence-electron chi connectivity index (χ3n) is 3.01. The maximum atomic E-state index is 6.07. The molecule has 1 rings (SSSR count). The van der Waals surface area contributed by atoms with Crippen molar-refractivity contribution in [3.63, 3.8) is 0 Å². The minimum Gasteiger partial charge on any atom is -0.496 e. The molecule has 0 aliphatic rings. The fourth-order valence-corrected chi connectivity index (χ4v) is 1.97. The number of nitrogens with two attached hydrogens (primary N) is 1. The van der Waals surface area contributed by atoms with Crippen molar-refractivity contribution in [2.75, 3.05) is 46.2 Å². The number of rotatable bonds is 6. The Labute approximate surface area is 110 Å². The van der Waals surface area contributed by atoms with Crippen LogP contribution in [0.1, 0.15) is 18.5 Å². The Kier molecular flexibility index (Phi) is 5.44. The molecule has 0 bridgehead atoms. The molecule has 4 heteroatoms. The third kappa shape index (κ3) is 3.62. The average molecular weight is 251 g/mol. The summed E-state index contributed by atoms with van der Waals surface area (Å²) in [5.41, 5.74) is 8.28. The first-order valence-corrected chi connectivity index (χ1v) is 6.25. The molecule has 0 aliphatic heterocycles. The molecule has 102 valence electrons. The fourth-order valence-electron chi connectivity index (χ4n) is 1.97. The number of anilines is 1. The highest BCUT2D eigenvalue weighted by atomic mass is 16.5. The Morgan fingerprint density at radius 3 is 2.39 bits per heavy atom. The molecule has 0 radical (unpaired) electrons. The molecular formula is C14H25N3O. The van der Waals surface area contributed by atoms with E-state index in [0.717, 1.165) is 30.1 Å². The summed E-state index contributed by atoms with van der Waals surface area (Å²) in [7, 11) is 7.92. The number of ether oxygens (including phenoxy) is 1. The molecule has 0 saturated heterocycles. The highest BCUT2D eigenvalue weighted by Gasteiger charge is 2.15. The molecule has 2 N–H and O–H groups in total. The van der Waals surface area contributed by atoms with E-state index in [9.17, 15) is 0 Å². The monoisotopic (exact) mass is 251 g/mol. The van der Waals surface area contributed by atoms with E-state index in [1.54, 1.807) is 7.11 Å². The maximum absolute atomic E-state index is 6.07. The molecule has 0 aliphatic carbocycles. The van der Waals surface area contributed by atoms with Crippen LogP contribution in [0.2, 0.25) is 0 Å². The Morgan fingerprint density at radius 2 is 1.89 bits per heavy atom. The molecule has 0 aromatic heterocycles. The molecular weight excluding hydrogens is 226 g/mol. The lowest BCUT2D eigenvalue weighted by Crippen LogP contribution is -2.29. The van der Waals surface area contributed by atoms with Gasteiger partial charge in [-0.1, -0.05) is 6.07 Å². The van der Waals surface area contributed by atoms with Crippen molar-refractivity contribution < 1.29 is 4.74 Å². The second-order valence-corrected chi connectivity index (χ2v) is 4.91. The summed E-state index contributed by atoms with van der Waals surface area (Å²) in [6.07, 6.45) is 0. The van der Waals surface area contributed by atoms with Crippen LogP contribution in [0.15, 0.2) is 18.2 Å². The first kappa shape index (κ1) is 14.8. The van der Waals surface area contributed by atoms with E-state index < -0.39 is 0 Å². The number of hydrogen-bond acceptors (Lipinski definition) is 4. The van der Waals surface area contributed by atoms with Crippen molar-refractivity contribution >= 4 is 5.69 Å². The summed E-state index contributed by atoms with van der Waals surface area (Å²) in [6.45, 7) is 3.95. The van der Waals surface area contributed by atoms with E-state index in [0.29, 0.717) is 0 Å². The van der Waals surface area contributed by atoms with Crippen LogP contribution in [0.3, 0.4) is 0 Å². The predicted octanol–water partition coefficient (Wildman–Crippen LogP) is 1.71. The molecule has 0 fully saturated rings. The fraction of sp³-hybridized carbons (Fsp3) is 0.571. The SMILES string of the molecule is COc1cccc(N(C)CCN(C)C)c1C(C)N. The van der Waals surface area contributed by atoms with Crippen LogP contribution in [0.4, 0.5) is 5.69 Å². The average Bonchev–Trinajstić information content (AvgIpc) is 2.34. The van der Waals surface area contributed by atoms with Crippen LogP contribution in [0.5, 0.6) is 5.75 Å². The summed E-state index contributed by atoms with van der Waals surface area (Å²) >= 11 is 0. The second kappa shape index (κ2) is 6.61. The van der Waals surface area contributed by atoms with Crippen molar-refractivity contribution in [2.45, 2.75) is 13.0 Å². The lowest BCUT2D eigenvalue weighted by Gasteiger charge is -2.26. The first-order chi connectivity index (χ1) is 8.47. The Hall–Kier alpha value is -1.26. The lowest BCUT2D eigenvalue weighted by atomic mass is 10.0. The van der Waals surface area contributed by atoms with E-state index in [2.05, 4.69) is 37.0 Å². The van der Waals surface area contributed by atoms with Crippen LogP contribution in [-0.2, 0) is 0 Å². The van der Waals surface area contributed by atoms with E-state index in [1.165, 1.54) is 0 Å². The van der Waals surface area contributed by atoms with Crippen molar-refractivity contribution in [1.29, 1.82) is 0 Å². The van der Waals surface area contributed by atoms with Crippen LogP contribution >= 0.6 is 0 Å². The second-order valence-electron chi connectivity index (χ2n) is 4.91. The summed E-state index contributed by atoms with van der Waals surface area (Å²) in [4.78, 5) is 4.39. The van der Waals surface area contributed by atoms with Crippen LogP contribution in [0.25, 0.3) is 0 Å². The number of benzene rings is 1. The molecule has 1 aromatic rings. The van der Waals surface area contributed by atoms with E-state index in [-0.39, 0.29) is 6.04 Å². The van der Waals surface area contributed by atoms with Gasteiger partial charge in [0.15, 0.2) is 0 Å². The van der Waals surface area contributed by atoms with Crippen LogP contribution in [0, 0.1) is 0 Å².